The minimum absolute atomic E-state index is 0.0190. The second-order valence-electron chi connectivity index (χ2n) is 9.33. The SMILES string of the molecule is CCCN1C(=O)C(CC(C)C)NC(=O)C12CCN(Cc1ccc(NC(C)=O)cc1)CC2. The lowest BCUT2D eigenvalue weighted by molar-refractivity contribution is -0.161. The van der Waals surface area contributed by atoms with Crippen molar-refractivity contribution < 1.29 is 14.4 Å². The third-order valence-corrected chi connectivity index (χ3v) is 6.33. The van der Waals surface area contributed by atoms with Crippen LogP contribution < -0.4 is 10.6 Å². The van der Waals surface area contributed by atoms with Crippen LogP contribution in [-0.2, 0) is 20.9 Å². The second-order valence-corrected chi connectivity index (χ2v) is 9.33. The highest BCUT2D eigenvalue weighted by molar-refractivity contribution is 6.00. The van der Waals surface area contributed by atoms with E-state index in [-0.39, 0.29) is 17.7 Å². The molecule has 1 aromatic rings. The van der Waals surface area contributed by atoms with Crippen molar-refractivity contribution in [2.24, 2.45) is 5.92 Å². The van der Waals surface area contributed by atoms with Crippen LogP contribution in [0.2, 0.25) is 0 Å². The lowest BCUT2D eigenvalue weighted by atomic mass is 9.80. The van der Waals surface area contributed by atoms with Crippen LogP contribution in [0.3, 0.4) is 0 Å². The van der Waals surface area contributed by atoms with Gasteiger partial charge in [0.05, 0.1) is 0 Å². The molecule has 0 aliphatic carbocycles. The number of hydrogen-bond acceptors (Lipinski definition) is 4. The van der Waals surface area contributed by atoms with Crippen LogP contribution in [0.1, 0.15) is 58.9 Å². The molecule has 1 atom stereocenters. The summed E-state index contributed by atoms with van der Waals surface area (Å²) in [6.07, 6.45) is 2.84. The molecule has 2 aliphatic heterocycles. The van der Waals surface area contributed by atoms with Gasteiger partial charge in [0.15, 0.2) is 0 Å². The summed E-state index contributed by atoms with van der Waals surface area (Å²) < 4.78 is 0. The molecule has 1 unspecified atom stereocenters. The monoisotopic (exact) mass is 428 g/mol. The number of amides is 3. The fraction of sp³-hybridized carbons (Fsp3) is 0.625. The van der Waals surface area contributed by atoms with Gasteiger partial charge in [-0.3, -0.25) is 19.3 Å². The van der Waals surface area contributed by atoms with Gasteiger partial charge in [-0.2, -0.15) is 0 Å². The highest BCUT2D eigenvalue weighted by atomic mass is 16.2. The summed E-state index contributed by atoms with van der Waals surface area (Å²) in [4.78, 5) is 41.8. The van der Waals surface area contributed by atoms with Crippen molar-refractivity contribution in [1.29, 1.82) is 0 Å². The number of carbonyl (C=O) groups is 3. The standard InChI is InChI=1S/C24H36N4O3/c1-5-12-28-22(30)21(15-17(2)3)26-23(31)24(28)10-13-27(14-11-24)16-19-6-8-20(9-7-19)25-18(4)29/h6-9,17,21H,5,10-16H2,1-4H3,(H,25,29)(H,26,31). The van der Waals surface area contributed by atoms with Gasteiger partial charge in [-0.15, -0.1) is 0 Å². The van der Waals surface area contributed by atoms with Crippen LogP contribution in [-0.4, -0.2) is 58.7 Å². The number of rotatable bonds is 7. The van der Waals surface area contributed by atoms with E-state index in [9.17, 15) is 14.4 Å². The molecule has 2 heterocycles. The van der Waals surface area contributed by atoms with Crippen molar-refractivity contribution in [3.63, 3.8) is 0 Å². The van der Waals surface area contributed by atoms with E-state index in [0.717, 1.165) is 37.3 Å². The number of hydrogen-bond donors (Lipinski definition) is 2. The Bertz CT molecular complexity index is 798. The predicted octanol–water partition coefficient (Wildman–Crippen LogP) is 2.76. The van der Waals surface area contributed by atoms with Crippen LogP contribution in [0.4, 0.5) is 5.69 Å². The Labute approximate surface area is 185 Å². The Hall–Kier alpha value is -2.41. The number of piperidine rings is 1. The van der Waals surface area contributed by atoms with Crippen molar-refractivity contribution in [2.45, 2.75) is 71.5 Å². The van der Waals surface area contributed by atoms with Gasteiger partial charge in [0.2, 0.25) is 17.7 Å². The Kier molecular flexibility index (Phi) is 7.36. The third kappa shape index (κ3) is 5.26. The highest BCUT2D eigenvalue weighted by Crippen LogP contribution is 2.34. The molecule has 2 aliphatic rings. The molecule has 1 aromatic carbocycles. The molecule has 3 rings (SSSR count). The zero-order valence-corrected chi connectivity index (χ0v) is 19.2. The average molecular weight is 429 g/mol. The molecule has 0 aromatic heterocycles. The maximum atomic E-state index is 13.2. The summed E-state index contributed by atoms with van der Waals surface area (Å²) >= 11 is 0. The van der Waals surface area contributed by atoms with Gasteiger partial charge < -0.3 is 15.5 Å². The maximum Gasteiger partial charge on any atom is 0.246 e. The van der Waals surface area contributed by atoms with E-state index in [1.54, 1.807) is 0 Å². The molecule has 0 bridgehead atoms. The largest absolute Gasteiger partial charge is 0.342 e. The van der Waals surface area contributed by atoms with Crippen molar-refractivity contribution in [2.75, 3.05) is 25.0 Å². The first kappa shape index (κ1) is 23.3. The van der Waals surface area contributed by atoms with Crippen molar-refractivity contribution in [3.8, 4) is 0 Å². The number of piperazine rings is 1. The average Bonchev–Trinajstić information content (AvgIpc) is 2.71. The number of likely N-dealkylation sites (tertiary alicyclic amines) is 1. The van der Waals surface area contributed by atoms with Gasteiger partial charge in [-0.05, 0) is 49.3 Å². The number of carbonyl (C=O) groups excluding carboxylic acids is 3. The van der Waals surface area contributed by atoms with E-state index in [4.69, 9.17) is 0 Å². The first-order valence-corrected chi connectivity index (χ1v) is 11.5. The predicted molar refractivity (Wildman–Crippen MR) is 121 cm³/mol. The van der Waals surface area contributed by atoms with Crippen LogP contribution in [0.5, 0.6) is 0 Å². The van der Waals surface area contributed by atoms with Gasteiger partial charge in [0.25, 0.3) is 0 Å². The Morgan fingerprint density at radius 3 is 2.39 bits per heavy atom. The molecule has 1 spiro atoms. The van der Waals surface area contributed by atoms with E-state index >= 15 is 0 Å². The van der Waals surface area contributed by atoms with Crippen molar-refractivity contribution >= 4 is 23.4 Å². The van der Waals surface area contributed by atoms with Gasteiger partial charge in [0, 0.05) is 38.8 Å². The summed E-state index contributed by atoms with van der Waals surface area (Å²) in [7, 11) is 0. The fourth-order valence-electron chi connectivity index (χ4n) is 4.79. The van der Waals surface area contributed by atoms with Crippen LogP contribution in [0.25, 0.3) is 0 Å². The summed E-state index contributed by atoms with van der Waals surface area (Å²) in [5.74, 6) is 0.370. The molecule has 2 N–H and O–H groups in total. The molecule has 31 heavy (non-hydrogen) atoms. The quantitative estimate of drug-likeness (QED) is 0.700. The van der Waals surface area contributed by atoms with Gasteiger partial charge in [-0.1, -0.05) is 32.9 Å². The number of nitrogens with zero attached hydrogens (tertiary/aromatic N) is 2. The minimum atomic E-state index is -0.716. The van der Waals surface area contributed by atoms with Crippen LogP contribution in [0, 0.1) is 5.92 Å². The first-order valence-electron chi connectivity index (χ1n) is 11.5. The second kappa shape index (κ2) is 9.81. The van der Waals surface area contributed by atoms with Crippen LogP contribution >= 0.6 is 0 Å². The van der Waals surface area contributed by atoms with E-state index in [1.165, 1.54) is 6.92 Å². The summed E-state index contributed by atoms with van der Waals surface area (Å²) in [5, 5.41) is 5.83. The normalized spacial score (nSPS) is 21.5. The van der Waals surface area contributed by atoms with Gasteiger partial charge in [0.1, 0.15) is 11.6 Å². The molecule has 7 nitrogen and oxygen atoms in total. The summed E-state index contributed by atoms with van der Waals surface area (Å²) in [6.45, 7) is 10.7. The Morgan fingerprint density at radius 2 is 1.84 bits per heavy atom. The van der Waals surface area contributed by atoms with Crippen molar-refractivity contribution in [3.05, 3.63) is 29.8 Å². The van der Waals surface area contributed by atoms with Crippen molar-refractivity contribution in [1.82, 2.24) is 15.1 Å². The summed E-state index contributed by atoms with van der Waals surface area (Å²) in [5.41, 5.74) is 1.24. The fourth-order valence-corrected chi connectivity index (χ4v) is 4.79. The lowest BCUT2D eigenvalue weighted by Gasteiger charge is -2.52. The molecule has 3 amide bonds. The first-order chi connectivity index (χ1) is 14.7. The molecule has 170 valence electrons. The molecule has 7 heteroatoms. The molecule has 0 radical (unpaired) electrons. The van der Waals surface area contributed by atoms with E-state index in [0.29, 0.717) is 31.7 Å². The highest BCUT2D eigenvalue weighted by Gasteiger charge is 2.53. The van der Waals surface area contributed by atoms with Gasteiger partial charge >= 0.3 is 0 Å². The zero-order valence-electron chi connectivity index (χ0n) is 19.2. The maximum absolute atomic E-state index is 13.2. The molecule has 2 fully saturated rings. The van der Waals surface area contributed by atoms with E-state index in [2.05, 4.69) is 36.3 Å². The van der Waals surface area contributed by atoms with E-state index in [1.807, 2.05) is 29.2 Å². The molecule has 2 saturated heterocycles. The number of nitrogens with one attached hydrogen (secondary N) is 2. The number of benzene rings is 1. The van der Waals surface area contributed by atoms with Crippen LogP contribution in [0.15, 0.2) is 24.3 Å². The third-order valence-electron chi connectivity index (χ3n) is 6.33. The summed E-state index contributed by atoms with van der Waals surface area (Å²) in [6, 6.07) is 7.46. The van der Waals surface area contributed by atoms with Gasteiger partial charge in [-0.25, -0.2) is 0 Å². The lowest BCUT2D eigenvalue weighted by Crippen LogP contribution is -2.73. The Morgan fingerprint density at radius 1 is 1.19 bits per heavy atom. The molecule has 0 saturated carbocycles. The van der Waals surface area contributed by atoms with E-state index < -0.39 is 11.6 Å². The topological polar surface area (TPSA) is 81.8 Å². The number of anilines is 1. The zero-order chi connectivity index (χ0) is 22.6. The minimum Gasteiger partial charge on any atom is -0.342 e. The smallest absolute Gasteiger partial charge is 0.246 e. The molecular formula is C24H36N4O3. The Balaban J connectivity index is 1.66. The molecular weight excluding hydrogens is 392 g/mol.